The van der Waals surface area contributed by atoms with Crippen molar-refractivity contribution < 1.29 is 24.2 Å². The molecule has 8 heteroatoms. The van der Waals surface area contributed by atoms with Crippen molar-refractivity contribution in [1.29, 1.82) is 0 Å². The molecule has 1 aliphatic heterocycles. The predicted octanol–water partition coefficient (Wildman–Crippen LogP) is -2.68. The molecule has 5 N–H and O–H groups in total. The molecule has 1 rings (SSSR count). The second-order valence-electron chi connectivity index (χ2n) is 3.96. The average molecular weight is 259 g/mol. The number of carbonyl (C=O) groups is 3. The Morgan fingerprint density at radius 1 is 1.61 bits per heavy atom. The number of ketones is 1. The van der Waals surface area contributed by atoms with Gasteiger partial charge in [-0.1, -0.05) is 0 Å². The highest BCUT2D eigenvalue weighted by atomic mass is 16.5. The number of nitrogens with two attached hydrogens (primary N) is 1. The zero-order chi connectivity index (χ0) is 13.5. The molecule has 0 saturated carbocycles. The first-order valence-electron chi connectivity index (χ1n) is 5.59. The van der Waals surface area contributed by atoms with E-state index in [4.69, 9.17) is 15.6 Å². The van der Waals surface area contributed by atoms with Crippen LogP contribution in [0.1, 0.15) is 0 Å². The van der Waals surface area contributed by atoms with Gasteiger partial charge in [0.2, 0.25) is 5.91 Å². The minimum absolute atomic E-state index is 0.116. The normalized spacial score (nSPS) is 20.7. The number of carboxylic acids is 1. The Labute approximate surface area is 104 Å². The summed E-state index contributed by atoms with van der Waals surface area (Å²) < 4.78 is 4.98. The van der Waals surface area contributed by atoms with Gasteiger partial charge < -0.3 is 26.2 Å². The minimum atomic E-state index is -1.14. The van der Waals surface area contributed by atoms with Gasteiger partial charge in [-0.15, -0.1) is 0 Å². The Morgan fingerprint density at radius 2 is 2.33 bits per heavy atom. The third-order valence-electron chi connectivity index (χ3n) is 2.51. The third-order valence-corrected chi connectivity index (χ3v) is 2.51. The first-order valence-corrected chi connectivity index (χ1v) is 5.59. The van der Waals surface area contributed by atoms with Gasteiger partial charge in [0, 0.05) is 13.1 Å². The van der Waals surface area contributed by atoms with Crippen LogP contribution in [0, 0.1) is 5.92 Å². The molecule has 2 atom stereocenters. The van der Waals surface area contributed by atoms with E-state index in [-0.39, 0.29) is 38.0 Å². The second kappa shape index (κ2) is 7.04. The summed E-state index contributed by atoms with van der Waals surface area (Å²) in [6.07, 6.45) is 0. The van der Waals surface area contributed by atoms with Gasteiger partial charge in [0.05, 0.1) is 19.8 Å². The highest BCUT2D eigenvalue weighted by molar-refractivity contribution is 6.03. The molecule has 1 fully saturated rings. The lowest BCUT2D eigenvalue weighted by Gasteiger charge is -2.10. The van der Waals surface area contributed by atoms with Crippen molar-refractivity contribution in [3.05, 3.63) is 0 Å². The van der Waals surface area contributed by atoms with Gasteiger partial charge in [0.25, 0.3) is 0 Å². The molecule has 0 aromatic rings. The highest BCUT2D eigenvalue weighted by Crippen LogP contribution is 2.02. The number of amides is 1. The smallest absolute Gasteiger partial charge is 0.322 e. The summed E-state index contributed by atoms with van der Waals surface area (Å²) in [5.74, 6) is -2.23. The van der Waals surface area contributed by atoms with Crippen LogP contribution in [0.5, 0.6) is 0 Å². The third kappa shape index (κ3) is 4.40. The summed E-state index contributed by atoms with van der Waals surface area (Å²) in [5.41, 5.74) is 5.21. The predicted molar refractivity (Wildman–Crippen MR) is 60.8 cm³/mol. The SMILES string of the molecule is N[C@@H](COCCNC(=O)[C@@H]1CNCC1=O)C(=O)O. The number of hydrogen-bond acceptors (Lipinski definition) is 6. The van der Waals surface area contributed by atoms with Crippen molar-refractivity contribution in [2.24, 2.45) is 11.7 Å². The molecule has 0 bridgehead atoms. The Balaban J connectivity index is 2.09. The molecule has 0 radical (unpaired) electrons. The monoisotopic (exact) mass is 259 g/mol. The van der Waals surface area contributed by atoms with Gasteiger partial charge in [-0.3, -0.25) is 14.4 Å². The maximum absolute atomic E-state index is 11.5. The standard InChI is InChI=1S/C10H17N3O5/c11-7(10(16)17)5-18-2-1-13-9(15)6-3-12-4-8(6)14/h6-7,12H,1-5,11H2,(H,13,15)(H,16,17)/t6-,7+/m1/s1. The van der Waals surface area contributed by atoms with E-state index in [1.165, 1.54) is 0 Å². The summed E-state index contributed by atoms with van der Waals surface area (Å²) in [6.45, 7) is 0.836. The molecule has 0 unspecified atom stereocenters. The molecule has 0 spiro atoms. The van der Waals surface area contributed by atoms with Crippen molar-refractivity contribution in [3.8, 4) is 0 Å². The zero-order valence-corrected chi connectivity index (χ0v) is 9.85. The van der Waals surface area contributed by atoms with Crippen molar-refractivity contribution in [1.82, 2.24) is 10.6 Å². The van der Waals surface area contributed by atoms with Gasteiger partial charge in [-0.2, -0.15) is 0 Å². The van der Waals surface area contributed by atoms with Crippen LogP contribution in [0.15, 0.2) is 0 Å². The number of hydrogen-bond donors (Lipinski definition) is 4. The summed E-state index contributed by atoms with van der Waals surface area (Å²) in [7, 11) is 0. The first-order chi connectivity index (χ1) is 8.52. The Morgan fingerprint density at radius 3 is 2.89 bits per heavy atom. The molecular weight excluding hydrogens is 242 g/mol. The molecule has 1 saturated heterocycles. The van der Waals surface area contributed by atoms with Crippen LogP contribution in [0.2, 0.25) is 0 Å². The molecule has 0 aromatic heterocycles. The topological polar surface area (TPSA) is 131 Å². The van der Waals surface area contributed by atoms with E-state index >= 15 is 0 Å². The van der Waals surface area contributed by atoms with Gasteiger partial charge >= 0.3 is 5.97 Å². The number of carbonyl (C=O) groups excluding carboxylic acids is 2. The van der Waals surface area contributed by atoms with Gasteiger partial charge in [-0.25, -0.2) is 0 Å². The highest BCUT2D eigenvalue weighted by Gasteiger charge is 2.30. The fourth-order valence-electron chi connectivity index (χ4n) is 1.47. The molecule has 1 heterocycles. The van der Waals surface area contributed by atoms with Crippen LogP contribution in [-0.2, 0) is 19.1 Å². The number of Topliss-reactive ketones (excluding diaryl/α,β-unsaturated/α-hetero) is 1. The lowest BCUT2D eigenvalue weighted by molar-refractivity contribution is -0.140. The Kier molecular flexibility index (Phi) is 5.69. The average Bonchev–Trinajstić information content (AvgIpc) is 2.74. The molecule has 8 nitrogen and oxygen atoms in total. The number of rotatable bonds is 7. The van der Waals surface area contributed by atoms with E-state index in [1.54, 1.807) is 0 Å². The molecule has 1 aliphatic rings. The maximum atomic E-state index is 11.5. The van der Waals surface area contributed by atoms with E-state index in [2.05, 4.69) is 10.6 Å². The fourth-order valence-corrected chi connectivity index (χ4v) is 1.47. The molecule has 18 heavy (non-hydrogen) atoms. The maximum Gasteiger partial charge on any atom is 0.322 e. The lowest BCUT2D eigenvalue weighted by Crippen LogP contribution is -2.38. The molecule has 0 aliphatic carbocycles. The van der Waals surface area contributed by atoms with Crippen LogP contribution in [0.4, 0.5) is 0 Å². The number of aliphatic carboxylic acids is 1. The minimum Gasteiger partial charge on any atom is -0.480 e. The van der Waals surface area contributed by atoms with E-state index in [9.17, 15) is 14.4 Å². The van der Waals surface area contributed by atoms with E-state index in [1.807, 2.05) is 0 Å². The summed E-state index contributed by atoms with van der Waals surface area (Å²) in [4.78, 5) is 33.1. The Hall–Kier alpha value is -1.51. The van der Waals surface area contributed by atoms with Crippen LogP contribution in [0.3, 0.4) is 0 Å². The van der Waals surface area contributed by atoms with Crippen molar-refractivity contribution in [2.45, 2.75) is 6.04 Å². The van der Waals surface area contributed by atoms with Crippen molar-refractivity contribution >= 4 is 17.7 Å². The fraction of sp³-hybridized carbons (Fsp3) is 0.700. The van der Waals surface area contributed by atoms with E-state index in [0.29, 0.717) is 6.54 Å². The van der Waals surface area contributed by atoms with Gasteiger partial charge in [0.15, 0.2) is 5.78 Å². The van der Waals surface area contributed by atoms with Crippen LogP contribution in [0.25, 0.3) is 0 Å². The lowest BCUT2D eigenvalue weighted by atomic mass is 10.1. The molecular formula is C10H17N3O5. The quantitative estimate of drug-likeness (QED) is 0.289. The van der Waals surface area contributed by atoms with Crippen LogP contribution in [-0.4, -0.2) is 61.7 Å². The number of ether oxygens (including phenoxy) is 1. The molecule has 0 aromatic carbocycles. The second-order valence-corrected chi connectivity index (χ2v) is 3.96. The molecule has 1 amide bonds. The summed E-state index contributed by atoms with van der Waals surface area (Å²) in [6, 6.07) is -1.07. The van der Waals surface area contributed by atoms with Gasteiger partial charge in [-0.05, 0) is 0 Å². The Bertz CT molecular complexity index is 333. The van der Waals surface area contributed by atoms with Crippen molar-refractivity contribution in [3.63, 3.8) is 0 Å². The number of nitrogens with one attached hydrogen (secondary N) is 2. The van der Waals surface area contributed by atoms with E-state index in [0.717, 1.165) is 0 Å². The van der Waals surface area contributed by atoms with Crippen molar-refractivity contribution in [2.75, 3.05) is 32.8 Å². The van der Waals surface area contributed by atoms with E-state index < -0.39 is 17.9 Å². The first kappa shape index (κ1) is 14.6. The van der Waals surface area contributed by atoms with Crippen LogP contribution < -0.4 is 16.4 Å². The largest absolute Gasteiger partial charge is 0.480 e. The summed E-state index contributed by atoms with van der Waals surface area (Å²) >= 11 is 0. The van der Waals surface area contributed by atoms with Crippen LogP contribution >= 0.6 is 0 Å². The number of carboxylic acid groups (broad SMARTS) is 1. The molecule has 102 valence electrons. The summed E-state index contributed by atoms with van der Waals surface area (Å²) in [5, 5.41) is 13.8. The zero-order valence-electron chi connectivity index (χ0n) is 9.85. The van der Waals surface area contributed by atoms with Gasteiger partial charge in [0.1, 0.15) is 12.0 Å².